The van der Waals surface area contributed by atoms with Gasteiger partial charge in [-0.2, -0.15) is 0 Å². The number of rotatable bonds is 7. The minimum atomic E-state index is -0.657. The van der Waals surface area contributed by atoms with Crippen LogP contribution in [0.2, 0.25) is 0 Å². The Morgan fingerprint density at radius 3 is 2.06 bits per heavy atom. The van der Waals surface area contributed by atoms with E-state index < -0.39 is 11.9 Å². The summed E-state index contributed by atoms with van der Waals surface area (Å²) in [6, 6.07) is 0. The Labute approximate surface area is 110 Å². The van der Waals surface area contributed by atoms with E-state index in [2.05, 4.69) is 4.74 Å². The average Bonchev–Trinajstić information content (AvgIpc) is 2.27. The molecular weight excluding hydrogens is 228 g/mol. The van der Waals surface area contributed by atoms with Crippen LogP contribution in [0.15, 0.2) is 23.3 Å². The summed E-state index contributed by atoms with van der Waals surface area (Å²) >= 11 is 0. The van der Waals surface area contributed by atoms with Crippen molar-refractivity contribution in [1.82, 2.24) is 0 Å². The molecule has 0 aliphatic heterocycles. The molecule has 1 atom stereocenters. The molecule has 0 saturated carbocycles. The highest BCUT2D eigenvalue weighted by Gasteiger charge is 2.25. The summed E-state index contributed by atoms with van der Waals surface area (Å²) in [7, 11) is 1.32. The second-order valence-electron chi connectivity index (χ2n) is 4.88. The molecule has 0 bridgehead atoms. The summed E-state index contributed by atoms with van der Waals surface area (Å²) in [5.41, 5.74) is 2.28. The van der Waals surface area contributed by atoms with Crippen LogP contribution in [-0.4, -0.2) is 18.9 Å². The highest BCUT2D eigenvalue weighted by molar-refractivity contribution is 5.99. The predicted molar refractivity (Wildman–Crippen MR) is 73.2 cm³/mol. The smallest absolute Gasteiger partial charge is 0.316 e. The molecule has 1 unspecified atom stereocenters. The normalized spacial score (nSPS) is 11.4. The second-order valence-corrected chi connectivity index (χ2v) is 4.88. The second kappa shape index (κ2) is 8.67. The minimum Gasteiger partial charge on any atom is -0.468 e. The molecule has 0 aromatic heterocycles. The highest BCUT2D eigenvalue weighted by Crippen LogP contribution is 2.14. The maximum Gasteiger partial charge on any atom is 0.316 e. The number of esters is 1. The van der Waals surface area contributed by atoms with Gasteiger partial charge in [0.1, 0.15) is 11.7 Å². The van der Waals surface area contributed by atoms with E-state index in [4.69, 9.17) is 0 Å². The number of hydrogen-bond acceptors (Lipinski definition) is 3. The number of hydrogen-bond donors (Lipinski definition) is 0. The molecule has 0 aromatic rings. The van der Waals surface area contributed by atoms with Crippen molar-refractivity contribution < 1.29 is 14.3 Å². The molecule has 0 fully saturated rings. The van der Waals surface area contributed by atoms with Gasteiger partial charge >= 0.3 is 5.97 Å². The number of ether oxygens (including phenoxy) is 1. The van der Waals surface area contributed by atoms with Crippen molar-refractivity contribution in [1.29, 1.82) is 0 Å². The molecule has 3 heteroatoms. The first-order valence-corrected chi connectivity index (χ1v) is 6.25. The Bertz CT molecular complexity index is 343. The number of carbonyl (C=O) groups excluding carboxylic acids is 2. The Balaban J connectivity index is 4.55. The molecule has 0 N–H and O–H groups in total. The number of carbonyl (C=O) groups is 2. The molecule has 0 radical (unpaired) electrons. The van der Waals surface area contributed by atoms with Gasteiger partial charge in [0.25, 0.3) is 0 Å². The van der Waals surface area contributed by atoms with Gasteiger partial charge in [-0.1, -0.05) is 23.3 Å². The first kappa shape index (κ1) is 16.6. The zero-order chi connectivity index (χ0) is 14.1. The summed E-state index contributed by atoms with van der Waals surface area (Å²) < 4.78 is 4.69. The minimum absolute atomic E-state index is 0.0446. The van der Waals surface area contributed by atoms with Gasteiger partial charge in [0, 0.05) is 6.42 Å². The molecule has 0 saturated heterocycles. The summed E-state index contributed by atoms with van der Waals surface area (Å²) in [6.45, 7) is 7.88. The first-order chi connectivity index (χ1) is 8.38. The van der Waals surface area contributed by atoms with Crippen LogP contribution in [0.4, 0.5) is 0 Å². The van der Waals surface area contributed by atoms with Crippen LogP contribution in [0, 0.1) is 5.92 Å². The average molecular weight is 252 g/mol. The Kier molecular flexibility index (Phi) is 8.01. The summed E-state index contributed by atoms with van der Waals surface area (Å²) in [4.78, 5) is 23.6. The lowest BCUT2D eigenvalue weighted by atomic mass is 9.95. The monoisotopic (exact) mass is 252 g/mol. The molecule has 0 rings (SSSR count). The maximum atomic E-state index is 12.0. The fourth-order valence-electron chi connectivity index (χ4n) is 1.53. The Morgan fingerprint density at radius 1 is 1.06 bits per heavy atom. The lowest BCUT2D eigenvalue weighted by molar-refractivity contribution is -0.149. The van der Waals surface area contributed by atoms with Gasteiger partial charge in [-0.15, -0.1) is 0 Å². The van der Waals surface area contributed by atoms with Crippen molar-refractivity contribution >= 4 is 11.8 Å². The quantitative estimate of drug-likeness (QED) is 0.396. The molecule has 0 aliphatic carbocycles. The van der Waals surface area contributed by atoms with E-state index >= 15 is 0 Å². The molecule has 0 heterocycles. The van der Waals surface area contributed by atoms with E-state index in [1.807, 2.05) is 39.8 Å². The SMILES string of the molecule is COC(=O)C(CC=C(C)C)C(=O)CCC=C(C)C. The standard InChI is InChI=1S/C15H24O3/c1-11(2)7-6-8-14(16)13(15(17)18-5)10-9-12(3)4/h7,9,13H,6,8,10H2,1-5H3. The topological polar surface area (TPSA) is 43.4 Å². The number of methoxy groups -OCH3 is 1. The van der Waals surface area contributed by atoms with Crippen molar-refractivity contribution in [2.45, 2.75) is 47.0 Å². The Morgan fingerprint density at radius 2 is 1.61 bits per heavy atom. The third-order valence-corrected chi connectivity index (χ3v) is 2.58. The van der Waals surface area contributed by atoms with E-state index in [-0.39, 0.29) is 5.78 Å². The lowest BCUT2D eigenvalue weighted by Gasteiger charge is -2.11. The van der Waals surface area contributed by atoms with Crippen molar-refractivity contribution in [3.8, 4) is 0 Å². The van der Waals surface area contributed by atoms with Gasteiger partial charge in [0.15, 0.2) is 0 Å². The third kappa shape index (κ3) is 7.05. The zero-order valence-electron chi connectivity index (χ0n) is 12.1. The third-order valence-electron chi connectivity index (χ3n) is 2.58. The van der Waals surface area contributed by atoms with Gasteiger partial charge in [-0.05, 0) is 40.5 Å². The maximum absolute atomic E-state index is 12.0. The molecule has 0 amide bonds. The van der Waals surface area contributed by atoms with Crippen LogP contribution in [0.5, 0.6) is 0 Å². The number of ketones is 1. The molecule has 102 valence electrons. The molecule has 18 heavy (non-hydrogen) atoms. The largest absolute Gasteiger partial charge is 0.468 e. The molecule has 0 aromatic carbocycles. The van der Waals surface area contributed by atoms with Gasteiger partial charge in [0.05, 0.1) is 7.11 Å². The molecule has 0 aliphatic rings. The van der Waals surface area contributed by atoms with Gasteiger partial charge in [-0.25, -0.2) is 0 Å². The zero-order valence-corrected chi connectivity index (χ0v) is 12.1. The van der Waals surface area contributed by atoms with E-state index in [0.29, 0.717) is 19.3 Å². The van der Waals surface area contributed by atoms with Crippen molar-refractivity contribution in [2.75, 3.05) is 7.11 Å². The van der Waals surface area contributed by atoms with Crippen LogP contribution >= 0.6 is 0 Å². The predicted octanol–water partition coefficient (Wildman–Crippen LogP) is 3.45. The van der Waals surface area contributed by atoms with Crippen LogP contribution in [0.3, 0.4) is 0 Å². The molecular formula is C15H24O3. The van der Waals surface area contributed by atoms with Crippen molar-refractivity contribution in [2.24, 2.45) is 5.92 Å². The van der Waals surface area contributed by atoms with E-state index in [1.54, 1.807) is 0 Å². The van der Waals surface area contributed by atoms with Crippen molar-refractivity contribution in [3.05, 3.63) is 23.3 Å². The summed E-state index contributed by atoms with van der Waals surface area (Å²) in [5, 5.41) is 0. The van der Waals surface area contributed by atoms with E-state index in [0.717, 1.165) is 5.57 Å². The van der Waals surface area contributed by atoms with E-state index in [9.17, 15) is 9.59 Å². The van der Waals surface area contributed by atoms with Crippen LogP contribution in [0.25, 0.3) is 0 Å². The van der Waals surface area contributed by atoms with E-state index in [1.165, 1.54) is 12.7 Å². The lowest BCUT2D eigenvalue weighted by Crippen LogP contribution is -2.24. The number of Topliss-reactive ketones (excluding diaryl/α,β-unsaturated/α-hetero) is 1. The van der Waals surface area contributed by atoms with Crippen LogP contribution in [-0.2, 0) is 14.3 Å². The molecule has 3 nitrogen and oxygen atoms in total. The van der Waals surface area contributed by atoms with Crippen molar-refractivity contribution in [3.63, 3.8) is 0 Å². The van der Waals surface area contributed by atoms with Gasteiger partial charge in [-0.3, -0.25) is 9.59 Å². The van der Waals surface area contributed by atoms with Gasteiger partial charge in [0.2, 0.25) is 0 Å². The Hall–Kier alpha value is -1.38. The fourth-order valence-corrected chi connectivity index (χ4v) is 1.53. The fraction of sp³-hybridized carbons (Fsp3) is 0.600. The van der Waals surface area contributed by atoms with Crippen LogP contribution < -0.4 is 0 Å². The van der Waals surface area contributed by atoms with Gasteiger partial charge < -0.3 is 4.74 Å². The first-order valence-electron chi connectivity index (χ1n) is 6.25. The van der Waals surface area contributed by atoms with Crippen LogP contribution in [0.1, 0.15) is 47.0 Å². The summed E-state index contributed by atoms with van der Waals surface area (Å²) in [5.74, 6) is -1.14. The summed E-state index contributed by atoms with van der Waals surface area (Å²) in [6.07, 6.45) is 5.42. The highest BCUT2D eigenvalue weighted by atomic mass is 16.5. The molecule has 0 spiro atoms. The number of allylic oxidation sites excluding steroid dienone is 4.